The van der Waals surface area contributed by atoms with Crippen LogP contribution >= 0.6 is 23.5 Å². The summed E-state index contributed by atoms with van der Waals surface area (Å²) in [6.45, 7) is 1.58. The number of carbonyl (C=O) groups is 2. The summed E-state index contributed by atoms with van der Waals surface area (Å²) in [6, 6.07) is 11.3. The van der Waals surface area contributed by atoms with Crippen molar-refractivity contribution in [3.8, 4) is 0 Å². The molecule has 0 radical (unpaired) electrons. The highest BCUT2D eigenvalue weighted by Crippen LogP contribution is 2.37. The minimum Gasteiger partial charge on any atom is -0.480 e. The Bertz CT molecular complexity index is 843. The van der Waals surface area contributed by atoms with Crippen LogP contribution in [-0.2, 0) is 4.79 Å². The first-order valence-corrected chi connectivity index (χ1v) is 10.0. The van der Waals surface area contributed by atoms with E-state index in [-0.39, 0.29) is 17.8 Å². The number of benzene rings is 2. The highest BCUT2D eigenvalue weighted by molar-refractivity contribution is 8.00. The van der Waals surface area contributed by atoms with E-state index >= 15 is 0 Å². The maximum Gasteiger partial charge on any atom is 0.316 e. The van der Waals surface area contributed by atoms with Crippen LogP contribution in [0.25, 0.3) is 0 Å². The Morgan fingerprint density at radius 3 is 2.85 bits per heavy atom. The van der Waals surface area contributed by atoms with Crippen LogP contribution in [0.4, 0.5) is 4.39 Å². The number of amides is 1. The number of aliphatic carboxylic acids is 1. The van der Waals surface area contributed by atoms with Gasteiger partial charge in [0, 0.05) is 15.5 Å². The zero-order chi connectivity index (χ0) is 18.7. The normalized spacial score (nSPS) is 17.2. The van der Waals surface area contributed by atoms with Crippen LogP contribution in [0.15, 0.2) is 52.3 Å². The number of hydrogen-bond acceptors (Lipinski definition) is 4. The van der Waals surface area contributed by atoms with Gasteiger partial charge in [-0.05, 0) is 49.2 Å². The number of halogens is 1. The summed E-state index contributed by atoms with van der Waals surface area (Å²) in [4.78, 5) is 25.5. The first-order chi connectivity index (χ1) is 12.5. The second kappa shape index (κ2) is 8.14. The molecule has 0 aliphatic carbocycles. The molecule has 0 aromatic heterocycles. The fourth-order valence-corrected chi connectivity index (χ4v) is 4.78. The molecule has 2 atom stereocenters. The summed E-state index contributed by atoms with van der Waals surface area (Å²) in [7, 11) is 0. The van der Waals surface area contributed by atoms with Gasteiger partial charge in [-0.1, -0.05) is 12.1 Å². The Balaban J connectivity index is 1.82. The van der Waals surface area contributed by atoms with Gasteiger partial charge in [-0.2, -0.15) is 0 Å². The van der Waals surface area contributed by atoms with E-state index in [4.69, 9.17) is 5.11 Å². The Morgan fingerprint density at radius 1 is 1.31 bits per heavy atom. The van der Waals surface area contributed by atoms with Crippen LogP contribution in [0.3, 0.4) is 0 Å². The minimum atomic E-state index is -0.932. The second-order valence-electron chi connectivity index (χ2n) is 5.94. The van der Waals surface area contributed by atoms with Gasteiger partial charge in [0.05, 0.1) is 11.6 Å². The molecule has 0 spiro atoms. The molecule has 26 heavy (non-hydrogen) atoms. The average molecular weight is 391 g/mol. The van der Waals surface area contributed by atoms with Crippen molar-refractivity contribution in [1.29, 1.82) is 0 Å². The van der Waals surface area contributed by atoms with E-state index in [0.29, 0.717) is 16.9 Å². The molecule has 7 heteroatoms. The quantitative estimate of drug-likeness (QED) is 0.742. The largest absolute Gasteiger partial charge is 0.480 e. The predicted octanol–water partition coefficient (Wildman–Crippen LogP) is 4.36. The van der Waals surface area contributed by atoms with Gasteiger partial charge in [0.15, 0.2) is 0 Å². The van der Waals surface area contributed by atoms with E-state index in [1.165, 1.54) is 12.1 Å². The van der Waals surface area contributed by atoms with Gasteiger partial charge < -0.3 is 10.4 Å². The molecule has 4 nitrogen and oxygen atoms in total. The fraction of sp³-hybridized carbons (Fsp3) is 0.263. The summed E-state index contributed by atoms with van der Waals surface area (Å²) < 4.78 is 13.6. The third kappa shape index (κ3) is 4.22. The third-order valence-electron chi connectivity index (χ3n) is 4.10. The molecule has 2 unspecified atom stereocenters. The lowest BCUT2D eigenvalue weighted by atomic mass is 10.0. The molecule has 0 saturated heterocycles. The lowest BCUT2D eigenvalue weighted by molar-refractivity contribution is -0.136. The third-order valence-corrected chi connectivity index (χ3v) is 6.39. The lowest BCUT2D eigenvalue weighted by Gasteiger charge is -2.26. The molecule has 0 fully saturated rings. The van der Waals surface area contributed by atoms with Crippen LogP contribution in [0.2, 0.25) is 0 Å². The molecular formula is C19H18FNO3S2. The zero-order valence-corrected chi connectivity index (χ0v) is 15.7. The first kappa shape index (κ1) is 18.8. The number of carbonyl (C=O) groups excluding carboxylic acids is 1. The van der Waals surface area contributed by atoms with Crippen molar-refractivity contribution in [3.05, 3.63) is 59.4 Å². The van der Waals surface area contributed by atoms with E-state index in [1.54, 1.807) is 49.0 Å². The van der Waals surface area contributed by atoms with Crippen molar-refractivity contribution in [2.45, 2.75) is 34.4 Å². The van der Waals surface area contributed by atoms with Crippen molar-refractivity contribution in [1.82, 2.24) is 5.32 Å². The molecule has 1 aliphatic heterocycles. The van der Waals surface area contributed by atoms with Crippen LogP contribution in [0, 0.1) is 5.82 Å². The van der Waals surface area contributed by atoms with Crippen molar-refractivity contribution in [2.24, 2.45) is 0 Å². The molecule has 2 aromatic carbocycles. The van der Waals surface area contributed by atoms with Gasteiger partial charge in [0.2, 0.25) is 0 Å². The lowest BCUT2D eigenvalue weighted by Crippen LogP contribution is -2.31. The number of hydrogen-bond donors (Lipinski definition) is 2. The molecule has 2 aromatic rings. The van der Waals surface area contributed by atoms with E-state index in [9.17, 15) is 14.0 Å². The number of nitrogens with one attached hydrogen (secondary N) is 1. The number of thioether (sulfide) groups is 2. The Kier molecular flexibility index (Phi) is 5.88. The fourth-order valence-electron chi connectivity index (χ4n) is 2.75. The SMILES string of the molecule is CC(Sc1ccccc1C(=O)NC1CCSc2ccc(F)cc21)C(=O)O. The maximum atomic E-state index is 13.6. The molecule has 0 saturated carbocycles. The summed E-state index contributed by atoms with van der Waals surface area (Å²) in [5, 5.41) is 11.4. The van der Waals surface area contributed by atoms with Crippen molar-refractivity contribution >= 4 is 35.4 Å². The molecule has 0 bridgehead atoms. The van der Waals surface area contributed by atoms with Gasteiger partial charge in [-0.3, -0.25) is 9.59 Å². The van der Waals surface area contributed by atoms with Crippen LogP contribution < -0.4 is 5.32 Å². The standard InChI is InChI=1S/C19H18FNO3S2/c1-11(19(23)24)26-17-5-3-2-4-13(17)18(22)21-15-8-9-25-16-7-6-12(20)10-14(15)16/h2-7,10-11,15H,8-9H2,1H3,(H,21,22)(H,23,24). The van der Waals surface area contributed by atoms with Gasteiger partial charge in [-0.25, -0.2) is 4.39 Å². The summed E-state index contributed by atoms with van der Waals surface area (Å²) >= 11 is 2.78. The summed E-state index contributed by atoms with van der Waals surface area (Å²) in [5.41, 5.74) is 1.22. The van der Waals surface area contributed by atoms with Crippen LogP contribution in [-0.4, -0.2) is 28.0 Å². The zero-order valence-electron chi connectivity index (χ0n) is 14.1. The average Bonchev–Trinajstić information content (AvgIpc) is 2.62. The summed E-state index contributed by atoms with van der Waals surface area (Å²) in [6.07, 6.45) is 0.716. The van der Waals surface area contributed by atoms with Crippen LogP contribution in [0.5, 0.6) is 0 Å². The van der Waals surface area contributed by atoms with Gasteiger partial charge >= 0.3 is 5.97 Å². The highest BCUT2D eigenvalue weighted by Gasteiger charge is 2.25. The molecule has 136 valence electrons. The molecule has 2 N–H and O–H groups in total. The molecule has 3 rings (SSSR count). The molecule has 1 amide bonds. The van der Waals surface area contributed by atoms with E-state index in [2.05, 4.69) is 5.32 Å². The van der Waals surface area contributed by atoms with Crippen molar-refractivity contribution in [3.63, 3.8) is 0 Å². The van der Waals surface area contributed by atoms with Gasteiger partial charge in [0.1, 0.15) is 11.1 Å². The van der Waals surface area contributed by atoms with E-state index in [0.717, 1.165) is 28.0 Å². The Hall–Kier alpha value is -1.99. The topological polar surface area (TPSA) is 66.4 Å². The van der Waals surface area contributed by atoms with Crippen LogP contribution in [0.1, 0.15) is 35.3 Å². The maximum absolute atomic E-state index is 13.6. The Morgan fingerprint density at radius 2 is 2.08 bits per heavy atom. The molecule has 1 heterocycles. The monoisotopic (exact) mass is 391 g/mol. The summed E-state index contributed by atoms with van der Waals surface area (Å²) in [5.74, 6) is -0.691. The first-order valence-electron chi connectivity index (χ1n) is 8.17. The van der Waals surface area contributed by atoms with Crippen molar-refractivity contribution < 1.29 is 19.1 Å². The molecule has 1 aliphatic rings. The van der Waals surface area contributed by atoms with Gasteiger partial charge in [-0.15, -0.1) is 23.5 Å². The second-order valence-corrected chi connectivity index (χ2v) is 8.46. The smallest absolute Gasteiger partial charge is 0.316 e. The Labute approximate surface area is 159 Å². The van der Waals surface area contributed by atoms with Gasteiger partial charge in [0.25, 0.3) is 5.91 Å². The molecular weight excluding hydrogens is 373 g/mol. The number of carboxylic acids is 1. The predicted molar refractivity (Wildman–Crippen MR) is 101 cm³/mol. The number of carboxylic acid groups (broad SMARTS) is 1. The van der Waals surface area contributed by atoms with E-state index < -0.39 is 11.2 Å². The van der Waals surface area contributed by atoms with Crippen molar-refractivity contribution in [2.75, 3.05) is 5.75 Å². The number of fused-ring (bicyclic) bond motifs is 1. The van der Waals surface area contributed by atoms with E-state index in [1.807, 2.05) is 0 Å². The highest BCUT2D eigenvalue weighted by atomic mass is 32.2. The number of rotatable bonds is 5. The minimum absolute atomic E-state index is 0.260.